The Morgan fingerprint density at radius 3 is 1.78 bits per heavy atom. The van der Waals surface area contributed by atoms with E-state index in [9.17, 15) is 0 Å². The molecule has 0 bridgehead atoms. The molecule has 0 heterocycles. The summed E-state index contributed by atoms with van der Waals surface area (Å²) in [7, 11) is 0. The molecule has 0 radical (unpaired) electrons. The maximum atomic E-state index is 4.70. The quantitative estimate of drug-likeness (QED) is 0.685. The standard InChI is InChI=1S/C21H26N2/c1-14-7-15(2)10-20(9-14)22-18(5)13-19(6)23-21-11-16(3)8-17(4)12-21/h7-13,22H,1-6H3/b18-13-,23-19?. The summed E-state index contributed by atoms with van der Waals surface area (Å²) in [6.45, 7) is 12.5. The van der Waals surface area contributed by atoms with E-state index in [0.717, 1.165) is 22.8 Å². The Bertz CT molecular complexity index is 727. The second kappa shape index (κ2) is 7.28. The van der Waals surface area contributed by atoms with Crippen molar-refractivity contribution >= 4 is 17.1 Å². The Morgan fingerprint density at radius 2 is 1.26 bits per heavy atom. The predicted molar refractivity (Wildman–Crippen MR) is 102 cm³/mol. The van der Waals surface area contributed by atoms with Crippen molar-refractivity contribution < 1.29 is 0 Å². The molecule has 0 spiro atoms. The first-order chi connectivity index (χ1) is 10.8. The zero-order valence-electron chi connectivity index (χ0n) is 15.0. The third-order valence-corrected chi connectivity index (χ3v) is 3.50. The van der Waals surface area contributed by atoms with Crippen LogP contribution in [0.5, 0.6) is 0 Å². The molecule has 0 saturated carbocycles. The number of anilines is 1. The lowest BCUT2D eigenvalue weighted by Crippen LogP contribution is -1.99. The van der Waals surface area contributed by atoms with Gasteiger partial charge in [-0.15, -0.1) is 0 Å². The molecule has 0 aromatic heterocycles. The third kappa shape index (κ3) is 5.41. The fraction of sp³-hybridized carbons (Fsp3) is 0.286. The van der Waals surface area contributed by atoms with Crippen molar-refractivity contribution in [3.05, 3.63) is 70.4 Å². The van der Waals surface area contributed by atoms with Gasteiger partial charge in [0.1, 0.15) is 0 Å². The Hall–Kier alpha value is -2.35. The second-order valence-corrected chi connectivity index (χ2v) is 6.43. The van der Waals surface area contributed by atoms with Gasteiger partial charge in [0, 0.05) is 17.1 Å². The number of nitrogens with one attached hydrogen (secondary N) is 1. The van der Waals surface area contributed by atoms with Crippen LogP contribution in [0.2, 0.25) is 0 Å². The van der Waals surface area contributed by atoms with Crippen molar-refractivity contribution in [1.82, 2.24) is 0 Å². The van der Waals surface area contributed by atoms with Crippen molar-refractivity contribution in [2.45, 2.75) is 41.5 Å². The highest BCUT2D eigenvalue weighted by Gasteiger charge is 1.98. The normalized spacial score (nSPS) is 12.4. The van der Waals surface area contributed by atoms with E-state index in [-0.39, 0.29) is 0 Å². The van der Waals surface area contributed by atoms with Crippen LogP contribution in [0.1, 0.15) is 36.1 Å². The number of allylic oxidation sites excluding steroid dienone is 2. The molecule has 0 fully saturated rings. The number of aryl methyl sites for hydroxylation is 4. The van der Waals surface area contributed by atoms with Crippen LogP contribution in [0.25, 0.3) is 0 Å². The molecule has 0 aliphatic heterocycles. The van der Waals surface area contributed by atoms with Crippen LogP contribution in [0, 0.1) is 27.7 Å². The molecule has 0 amide bonds. The van der Waals surface area contributed by atoms with E-state index in [1.807, 2.05) is 6.92 Å². The summed E-state index contributed by atoms with van der Waals surface area (Å²) in [4.78, 5) is 4.70. The highest BCUT2D eigenvalue weighted by atomic mass is 14.9. The summed E-state index contributed by atoms with van der Waals surface area (Å²) in [5, 5.41) is 3.44. The molecule has 2 rings (SSSR count). The minimum absolute atomic E-state index is 0.990. The predicted octanol–water partition coefficient (Wildman–Crippen LogP) is 6.03. The van der Waals surface area contributed by atoms with Gasteiger partial charge >= 0.3 is 0 Å². The number of hydrogen-bond donors (Lipinski definition) is 1. The average Bonchev–Trinajstić information content (AvgIpc) is 2.34. The van der Waals surface area contributed by atoms with E-state index in [0.29, 0.717) is 0 Å². The van der Waals surface area contributed by atoms with Gasteiger partial charge in [-0.05, 0) is 94.1 Å². The van der Waals surface area contributed by atoms with Crippen molar-refractivity contribution in [2.24, 2.45) is 4.99 Å². The van der Waals surface area contributed by atoms with E-state index in [1.165, 1.54) is 22.3 Å². The molecule has 2 heteroatoms. The number of benzene rings is 2. The van der Waals surface area contributed by atoms with Gasteiger partial charge in [0.15, 0.2) is 0 Å². The van der Waals surface area contributed by atoms with Crippen LogP contribution in [-0.2, 0) is 0 Å². The van der Waals surface area contributed by atoms with Crippen LogP contribution in [0.15, 0.2) is 53.2 Å². The highest BCUT2D eigenvalue weighted by molar-refractivity contribution is 5.95. The van der Waals surface area contributed by atoms with Crippen LogP contribution < -0.4 is 5.32 Å². The second-order valence-electron chi connectivity index (χ2n) is 6.43. The number of aliphatic imine (C=N–C) groups is 1. The first-order valence-corrected chi connectivity index (χ1v) is 7.99. The molecule has 0 saturated heterocycles. The van der Waals surface area contributed by atoms with E-state index in [1.54, 1.807) is 0 Å². The van der Waals surface area contributed by atoms with Gasteiger partial charge in [-0.2, -0.15) is 0 Å². The highest BCUT2D eigenvalue weighted by Crippen LogP contribution is 2.18. The first kappa shape index (κ1) is 17.0. The third-order valence-electron chi connectivity index (χ3n) is 3.50. The summed E-state index contributed by atoms with van der Waals surface area (Å²) in [5.41, 5.74) is 9.22. The van der Waals surface area contributed by atoms with Crippen LogP contribution in [0.4, 0.5) is 11.4 Å². The largest absolute Gasteiger partial charge is 0.359 e. The first-order valence-electron chi connectivity index (χ1n) is 7.99. The average molecular weight is 306 g/mol. The number of nitrogens with zero attached hydrogens (tertiary/aromatic N) is 1. The van der Waals surface area contributed by atoms with Crippen molar-refractivity contribution in [2.75, 3.05) is 5.32 Å². The Kier molecular flexibility index (Phi) is 5.38. The zero-order chi connectivity index (χ0) is 17.0. The molecule has 0 atom stereocenters. The molecule has 0 unspecified atom stereocenters. The summed E-state index contributed by atoms with van der Waals surface area (Å²) >= 11 is 0. The minimum Gasteiger partial charge on any atom is -0.359 e. The molecule has 120 valence electrons. The van der Waals surface area contributed by atoms with Crippen molar-refractivity contribution in [3.63, 3.8) is 0 Å². The molecule has 2 aromatic rings. The van der Waals surface area contributed by atoms with Gasteiger partial charge in [-0.3, -0.25) is 4.99 Å². The van der Waals surface area contributed by atoms with Gasteiger partial charge in [0.2, 0.25) is 0 Å². The minimum atomic E-state index is 0.990. The van der Waals surface area contributed by atoms with Gasteiger partial charge in [-0.25, -0.2) is 0 Å². The topological polar surface area (TPSA) is 24.4 Å². The van der Waals surface area contributed by atoms with E-state index < -0.39 is 0 Å². The number of hydrogen-bond acceptors (Lipinski definition) is 2. The molecular weight excluding hydrogens is 280 g/mol. The summed E-state index contributed by atoms with van der Waals surface area (Å²) in [6.07, 6.45) is 2.08. The van der Waals surface area contributed by atoms with E-state index in [2.05, 4.69) is 82.4 Å². The fourth-order valence-electron chi connectivity index (χ4n) is 2.88. The summed E-state index contributed by atoms with van der Waals surface area (Å²) in [6, 6.07) is 12.9. The monoisotopic (exact) mass is 306 g/mol. The van der Waals surface area contributed by atoms with Gasteiger partial charge < -0.3 is 5.32 Å². The molecule has 2 aromatic carbocycles. The Labute approximate surface area is 140 Å². The maximum absolute atomic E-state index is 4.70. The van der Waals surface area contributed by atoms with Gasteiger partial charge in [-0.1, -0.05) is 12.1 Å². The van der Waals surface area contributed by atoms with Gasteiger partial charge in [0.25, 0.3) is 0 Å². The molecule has 23 heavy (non-hydrogen) atoms. The Balaban J connectivity index is 2.17. The maximum Gasteiger partial charge on any atom is 0.0638 e. The Morgan fingerprint density at radius 1 is 0.783 bits per heavy atom. The fourth-order valence-corrected chi connectivity index (χ4v) is 2.88. The lowest BCUT2D eigenvalue weighted by Gasteiger charge is -2.09. The van der Waals surface area contributed by atoms with E-state index in [4.69, 9.17) is 4.99 Å². The lowest BCUT2D eigenvalue weighted by atomic mass is 10.1. The molecule has 0 aliphatic carbocycles. The van der Waals surface area contributed by atoms with Crippen LogP contribution in [0.3, 0.4) is 0 Å². The summed E-state index contributed by atoms with van der Waals surface area (Å²) in [5.74, 6) is 0. The summed E-state index contributed by atoms with van der Waals surface area (Å²) < 4.78 is 0. The number of rotatable bonds is 4. The molecule has 0 aliphatic rings. The zero-order valence-corrected chi connectivity index (χ0v) is 15.0. The van der Waals surface area contributed by atoms with Gasteiger partial charge in [0.05, 0.1) is 5.69 Å². The molecule has 2 nitrogen and oxygen atoms in total. The van der Waals surface area contributed by atoms with Crippen LogP contribution >= 0.6 is 0 Å². The SMILES string of the molecule is CC(/C=C(/C)Nc1cc(C)cc(C)c1)=Nc1cc(C)cc(C)c1. The smallest absolute Gasteiger partial charge is 0.0638 e. The van der Waals surface area contributed by atoms with Crippen LogP contribution in [-0.4, -0.2) is 5.71 Å². The van der Waals surface area contributed by atoms with Crippen molar-refractivity contribution in [3.8, 4) is 0 Å². The van der Waals surface area contributed by atoms with E-state index >= 15 is 0 Å². The lowest BCUT2D eigenvalue weighted by molar-refractivity contribution is 1.32. The molecular formula is C21H26N2. The molecule has 1 N–H and O–H groups in total. The van der Waals surface area contributed by atoms with Crippen molar-refractivity contribution in [1.29, 1.82) is 0 Å².